The quantitative estimate of drug-likeness (QED) is 0.181. The van der Waals surface area contributed by atoms with E-state index in [0.29, 0.717) is 36.8 Å². The molecule has 7 N–H and O–H groups in total. The zero-order valence-electron chi connectivity index (χ0n) is 27.8. The van der Waals surface area contributed by atoms with Crippen molar-refractivity contribution in [3.63, 3.8) is 0 Å². The zero-order chi connectivity index (χ0) is 34.1. The van der Waals surface area contributed by atoms with Crippen LogP contribution in [0.15, 0.2) is 23.3 Å². The number of aliphatic hydroxyl groups excluding tert-OH is 5. The van der Waals surface area contributed by atoms with E-state index < -0.39 is 83.8 Å². The first kappa shape index (κ1) is 35.6. The second-order valence-electron chi connectivity index (χ2n) is 15.7. The lowest BCUT2D eigenvalue weighted by atomic mass is 9.47. The van der Waals surface area contributed by atoms with E-state index in [4.69, 9.17) is 9.47 Å². The number of hydrogen-bond acceptors (Lipinski definition) is 10. The molecule has 0 amide bonds. The Balaban J connectivity index is 1.52. The third-order valence-corrected chi connectivity index (χ3v) is 13.1. The molecular weight excluding hydrogens is 596 g/mol. The molecule has 15 atom stereocenters. The maximum absolute atomic E-state index is 14.5. The standard InChI is InChI=1S/C35H54O11/c1-16(18(3)31(42)43)7-8-17(2)19-9-10-20-26-22(45-32-30(41)29(40)28(39)23(15-36)46-32)13-24-33(4,12-11-25(38)35(24,6)44)27(26)21(37)14-34(19,20)5/h17-20,22-25,28-30,32,36,38-41,44H,1,7-15H2,2-6H3,(H,42,43)/t17-,18?,19-,20+,22+,23?,24-,25-,28-,29+,30?,32-,33+,34-,35-/m1/s1. The molecule has 11 heteroatoms. The topological polar surface area (TPSA) is 194 Å². The molecule has 0 radical (unpaired) electrons. The molecule has 0 aromatic carbocycles. The predicted octanol–water partition coefficient (Wildman–Crippen LogP) is 2.10. The Hall–Kier alpha value is -1.70. The van der Waals surface area contributed by atoms with E-state index >= 15 is 0 Å². The number of carboxylic acids is 1. The molecule has 1 heterocycles. The number of Topliss-reactive ketones (excluding diaryl/α,β-unsaturated/α-hetero) is 1. The van der Waals surface area contributed by atoms with Crippen LogP contribution < -0.4 is 0 Å². The molecular formula is C35H54O11. The smallest absolute Gasteiger partial charge is 0.310 e. The number of aliphatic hydroxyl groups is 6. The zero-order valence-corrected chi connectivity index (χ0v) is 27.8. The molecule has 11 nitrogen and oxygen atoms in total. The second kappa shape index (κ2) is 12.6. The number of aliphatic carboxylic acids is 1. The molecule has 3 unspecified atom stereocenters. The van der Waals surface area contributed by atoms with Gasteiger partial charge in [0, 0.05) is 23.3 Å². The minimum absolute atomic E-state index is 0.0152. The monoisotopic (exact) mass is 650 g/mol. The van der Waals surface area contributed by atoms with Crippen molar-refractivity contribution in [1.82, 2.24) is 0 Å². The number of allylic oxidation sites excluding steroid dienone is 1. The molecule has 0 bridgehead atoms. The summed E-state index contributed by atoms with van der Waals surface area (Å²) in [6.07, 6.45) is -4.83. The molecule has 1 aliphatic heterocycles. The van der Waals surface area contributed by atoms with E-state index in [-0.39, 0.29) is 30.0 Å². The third kappa shape index (κ3) is 5.62. The van der Waals surface area contributed by atoms with Gasteiger partial charge in [-0.1, -0.05) is 32.9 Å². The van der Waals surface area contributed by atoms with Gasteiger partial charge in [-0.2, -0.15) is 0 Å². The van der Waals surface area contributed by atoms with Crippen molar-refractivity contribution in [2.75, 3.05) is 6.61 Å². The van der Waals surface area contributed by atoms with E-state index in [2.05, 4.69) is 20.4 Å². The van der Waals surface area contributed by atoms with E-state index in [1.54, 1.807) is 13.8 Å². The Morgan fingerprint density at radius 2 is 1.74 bits per heavy atom. The van der Waals surface area contributed by atoms with Crippen molar-refractivity contribution in [2.24, 2.45) is 40.4 Å². The van der Waals surface area contributed by atoms with Crippen LogP contribution in [0.25, 0.3) is 0 Å². The highest BCUT2D eigenvalue weighted by atomic mass is 16.7. The largest absolute Gasteiger partial charge is 0.481 e. The van der Waals surface area contributed by atoms with Crippen molar-refractivity contribution >= 4 is 11.8 Å². The van der Waals surface area contributed by atoms with Gasteiger partial charge in [-0.15, -0.1) is 0 Å². The summed E-state index contributed by atoms with van der Waals surface area (Å²) in [6, 6.07) is 0. The maximum atomic E-state index is 14.5. The van der Waals surface area contributed by atoms with Gasteiger partial charge in [0.2, 0.25) is 0 Å². The van der Waals surface area contributed by atoms with Crippen molar-refractivity contribution < 1.29 is 54.8 Å². The lowest BCUT2D eigenvalue weighted by Crippen LogP contribution is -2.63. The van der Waals surface area contributed by atoms with Gasteiger partial charge in [-0.25, -0.2) is 0 Å². The summed E-state index contributed by atoms with van der Waals surface area (Å²) in [7, 11) is 0. The number of rotatable bonds is 9. The van der Waals surface area contributed by atoms with E-state index in [1.165, 1.54) is 0 Å². The average molecular weight is 651 g/mol. The van der Waals surface area contributed by atoms with Crippen LogP contribution in [0.4, 0.5) is 0 Å². The summed E-state index contributed by atoms with van der Waals surface area (Å²) < 4.78 is 12.2. The number of ether oxygens (including phenoxy) is 2. The molecule has 3 fully saturated rings. The third-order valence-electron chi connectivity index (χ3n) is 13.1. The summed E-state index contributed by atoms with van der Waals surface area (Å²) in [5.74, 6) is -1.80. The van der Waals surface area contributed by atoms with Crippen LogP contribution in [0.3, 0.4) is 0 Å². The highest BCUT2D eigenvalue weighted by molar-refractivity contribution is 5.99. The van der Waals surface area contributed by atoms with Crippen LogP contribution in [0.5, 0.6) is 0 Å². The molecule has 0 aromatic rings. The average Bonchev–Trinajstić information content (AvgIpc) is 3.34. The van der Waals surface area contributed by atoms with Gasteiger partial charge in [0.25, 0.3) is 0 Å². The van der Waals surface area contributed by atoms with Gasteiger partial charge in [-0.05, 0) is 87.5 Å². The minimum atomic E-state index is -1.63. The lowest BCUT2D eigenvalue weighted by molar-refractivity contribution is -0.313. The molecule has 1 saturated heterocycles. The summed E-state index contributed by atoms with van der Waals surface area (Å²) in [5, 5.41) is 73.5. The lowest BCUT2D eigenvalue weighted by Gasteiger charge is -2.60. The van der Waals surface area contributed by atoms with Gasteiger partial charge < -0.3 is 45.2 Å². The predicted molar refractivity (Wildman–Crippen MR) is 166 cm³/mol. The summed E-state index contributed by atoms with van der Waals surface area (Å²) in [5.41, 5.74) is -0.530. The molecule has 5 aliphatic rings. The Bertz CT molecular complexity index is 1240. The maximum Gasteiger partial charge on any atom is 0.310 e. The Morgan fingerprint density at radius 3 is 2.37 bits per heavy atom. The number of carboxylic acid groups (broad SMARTS) is 1. The number of fused-ring (bicyclic) bond motifs is 4. The van der Waals surface area contributed by atoms with Gasteiger partial charge in [0.05, 0.1) is 30.3 Å². The fourth-order valence-electron chi connectivity index (χ4n) is 10.2. The van der Waals surface area contributed by atoms with Crippen LogP contribution in [0.2, 0.25) is 0 Å². The Labute approximate surface area is 271 Å². The summed E-state index contributed by atoms with van der Waals surface area (Å²) in [6.45, 7) is 13.0. The molecule has 2 saturated carbocycles. The first-order valence-corrected chi connectivity index (χ1v) is 16.9. The SMILES string of the molecule is C=C(CC[C@@H](C)[C@H]1CC[C@H]2C3=C(C(=O)C[C@]12C)[C@@]1(C)CC[C@@H](O)[C@](C)(O)[C@@H]1C[C@@H]3O[C@@H]1OC(CO)[C@@H](O)[C@H](O)C1O)C(C)C(=O)O. The molecule has 4 aliphatic carbocycles. The number of carbonyl (C=O) groups excluding carboxylic acids is 1. The van der Waals surface area contributed by atoms with Crippen LogP contribution >= 0.6 is 0 Å². The Kier molecular flexibility index (Phi) is 9.78. The van der Waals surface area contributed by atoms with E-state index in [1.807, 2.05) is 6.92 Å². The van der Waals surface area contributed by atoms with Crippen LogP contribution in [0, 0.1) is 40.4 Å². The van der Waals surface area contributed by atoms with Gasteiger partial charge in [0.15, 0.2) is 12.1 Å². The number of carbonyl (C=O) groups is 2. The van der Waals surface area contributed by atoms with Crippen LogP contribution in [-0.4, -0.2) is 103 Å². The summed E-state index contributed by atoms with van der Waals surface area (Å²) >= 11 is 0. The van der Waals surface area contributed by atoms with E-state index in [0.717, 1.165) is 24.8 Å². The highest BCUT2D eigenvalue weighted by Gasteiger charge is 2.64. The van der Waals surface area contributed by atoms with E-state index in [9.17, 15) is 45.3 Å². The number of ketones is 1. The van der Waals surface area contributed by atoms with Gasteiger partial charge in [-0.3, -0.25) is 9.59 Å². The highest BCUT2D eigenvalue weighted by Crippen LogP contribution is 2.66. The fourth-order valence-corrected chi connectivity index (χ4v) is 10.2. The molecule has 5 rings (SSSR count). The molecule has 0 spiro atoms. The van der Waals surface area contributed by atoms with Gasteiger partial charge in [0.1, 0.15) is 24.4 Å². The van der Waals surface area contributed by atoms with Crippen molar-refractivity contribution in [1.29, 1.82) is 0 Å². The molecule has 46 heavy (non-hydrogen) atoms. The van der Waals surface area contributed by atoms with Crippen molar-refractivity contribution in [3.8, 4) is 0 Å². The van der Waals surface area contributed by atoms with Crippen LogP contribution in [-0.2, 0) is 19.1 Å². The second-order valence-corrected chi connectivity index (χ2v) is 15.7. The van der Waals surface area contributed by atoms with Crippen molar-refractivity contribution in [3.05, 3.63) is 23.3 Å². The molecule has 260 valence electrons. The fraction of sp³-hybridized carbons (Fsp3) is 0.829. The first-order valence-electron chi connectivity index (χ1n) is 16.9. The van der Waals surface area contributed by atoms with Crippen LogP contribution in [0.1, 0.15) is 86.0 Å². The number of hydrogen-bond donors (Lipinski definition) is 7. The Morgan fingerprint density at radius 1 is 1.07 bits per heavy atom. The normalized spacial score (nSPS) is 47.1. The van der Waals surface area contributed by atoms with Gasteiger partial charge >= 0.3 is 5.97 Å². The van der Waals surface area contributed by atoms with Crippen molar-refractivity contribution in [2.45, 2.75) is 135 Å². The minimum Gasteiger partial charge on any atom is -0.481 e. The molecule has 0 aromatic heterocycles. The summed E-state index contributed by atoms with van der Waals surface area (Å²) in [4.78, 5) is 26.0. The first-order chi connectivity index (χ1) is 21.4.